The second-order valence-corrected chi connectivity index (χ2v) is 8.27. The molecule has 4 rings (SSSR count). The number of halogens is 1. The van der Waals surface area contributed by atoms with Gasteiger partial charge in [-0.25, -0.2) is 9.37 Å². The number of hydrogen-bond acceptors (Lipinski definition) is 4. The molecule has 1 amide bonds. The average molecular weight is 421 g/mol. The summed E-state index contributed by atoms with van der Waals surface area (Å²) in [5, 5.41) is 3.46. The molecule has 0 saturated heterocycles. The smallest absolute Gasteiger partial charge is 0.236 e. The van der Waals surface area contributed by atoms with Crippen LogP contribution >= 0.6 is 23.1 Å². The summed E-state index contributed by atoms with van der Waals surface area (Å²) >= 11 is 2.82. The Labute approximate surface area is 176 Å². The zero-order valence-corrected chi connectivity index (χ0v) is 17.0. The lowest BCUT2D eigenvalue weighted by Gasteiger charge is -2.02. The molecule has 1 N–H and O–H groups in total. The molecule has 0 aliphatic carbocycles. The largest absolute Gasteiger partial charge is 0.301 e. The second kappa shape index (κ2) is 9.03. The average Bonchev–Trinajstić information content (AvgIpc) is 3.18. The lowest BCUT2D eigenvalue weighted by Crippen LogP contribution is -2.13. The third kappa shape index (κ3) is 4.91. The van der Waals surface area contributed by atoms with Gasteiger partial charge in [0, 0.05) is 10.5 Å². The first-order valence-electron chi connectivity index (χ1n) is 8.99. The van der Waals surface area contributed by atoms with E-state index in [1.807, 2.05) is 60.7 Å². The molecular weight excluding hydrogens is 403 g/mol. The number of nitrogens with one attached hydrogen (secondary N) is 1. The van der Waals surface area contributed by atoms with Crippen LogP contribution in [0.25, 0.3) is 21.7 Å². The van der Waals surface area contributed by atoms with Crippen molar-refractivity contribution in [3.8, 4) is 21.7 Å². The van der Waals surface area contributed by atoms with E-state index in [9.17, 15) is 9.18 Å². The minimum absolute atomic E-state index is 0.146. The number of carbonyl (C=O) groups excluding carboxylic acids is 1. The summed E-state index contributed by atoms with van der Waals surface area (Å²) in [6.07, 6.45) is 0. The Morgan fingerprint density at radius 2 is 1.52 bits per heavy atom. The molecule has 3 nitrogen and oxygen atoms in total. The van der Waals surface area contributed by atoms with Gasteiger partial charge < -0.3 is 5.32 Å². The van der Waals surface area contributed by atoms with E-state index < -0.39 is 0 Å². The third-order valence-electron chi connectivity index (χ3n) is 4.14. The number of carbonyl (C=O) groups is 1. The molecule has 0 atom stereocenters. The van der Waals surface area contributed by atoms with Crippen molar-refractivity contribution in [3.63, 3.8) is 0 Å². The highest BCUT2D eigenvalue weighted by molar-refractivity contribution is 8.00. The molecule has 29 heavy (non-hydrogen) atoms. The van der Waals surface area contributed by atoms with E-state index in [0.717, 1.165) is 26.6 Å². The normalized spacial score (nSPS) is 10.7. The van der Waals surface area contributed by atoms with Crippen LogP contribution in [0.3, 0.4) is 0 Å². The van der Waals surface area contributed by atoms with Crippen molar-refractivity contribution in [2.45, 2.75) is 4.90 Å². The predicted molar refractivity (Wildman–Crippen MR) is 119 cm³/mol. The molecule has 3 aromatic carbocycles. The molecule has 1 heterocycles. The molecular formula is C23H17FN2OS2. The summed E-state index contributed by atoms with van der Waals surface area (Å²) in [4.78, 5) is 19.0. The number of rotatable bonds is 6. The van der Waals surface area contributed by atoms with Gasteiger partial charge in [0.2, 0.25) is 5.91 Å². The number of aromatic nitrogens is 1. The quantitative estimate of drug-likeness (QED) is 0.370. The summed E-state index contributed by atoms with van der Waals surface area (Å²) in [6, 6.07) is 26.1. The molecule has 0 bridgehead atoms. The Hall–Kier alpha value is -2.96. The summed E-state index contributed by atoms with van der Waals surface area (Å²) in [7, 11) is 0. The van der Waals surface area contributed by atoms with Crippen molar-refractivity contribution in [1.29, 1.82) is 0 Å². The lowest BCUT2D eigenvalue weighted by atomic mass is 10.1. The molecule has 1 aromatic heterocycles. The fourth-order valence-electron chi connectivity index (χ4n) is 2.79. The van der Waals surface area contributed by atoms with Gasteiger partial charge in [-0.2, -0.15) is 0 Å². The molecule has 4 aromatic rings. The maximum absolute atomic E-state index is 13.0. The fourth-order valence-corrected chi connectivity index (χ4v) is 4.49. The fraction of sp³-hybridized carbons (Fsp3) is 0.0435. The molecule has 0 saturated carbocycles. The molecule has 0 aliphatic rings. The highest BCUT2D eigenvalue weighted by Crippen LogP contribution is 2.38. The first kappa shape index (κ1) is 19.4. The standard InChI is InChI=1S/C23H17FN2OS2/c24-18-11-13-19(14-12-18)28-15-20(27)25-23-26-21(16-7-3-1-4-8-16)22(29-23)17-9-5-2-6-10-17/h1-14H,15H2,(H,25,26,27). The minimum Gasteiger partial charge on any atom is -0.301 e. The van der Waals surface area contributed by atoms with Crippen molar-refractivity contribution in [3.05, 3.63) is 90.7 Å². The van der Waals surface area contributed by atoms with Crippen molar-refractivity contribution >= 4 is 34.1 Å². The molecule has 144 valence electrons. The molecule has 0 fully saturated rings. The van der Waals surface area contributed by atoms with Crippen LogP contribution < -0.4 is 5.32 Å². The van der Waals surface area contributed by atoms with E-state index in [2.05, 4.69) is 5.32 Å². The Bertz CT molecular complexity index is 1040. The predicted octanol–water partition coefficient (Wildman–Crippen LogP) is 6.35. The second-order valence-electron chi connectivity index (χ2n) is 6.22. The number of benzene rings is 3. The SMILES string of the molecule is O=C(CSc1ccc(F)cc1)Nc1nc(-c2ccccc2)c(-c2ccccc2)s1. The number of thioether (sulfide) groups is 1. The van der Waals surface area contributed by atoms with E-state index in [1.54, 1.807) is 12.1 Å². The monoisotopic (exact) mass is 420 g/mol. The van der Waals surface area contributed by atoms with Gasteiger partial charge in [0.05, 0.1) is 16.3 Å². The van der Waals surface area contributed by atoms with Gasteiger partial charge in [0.25, 0.3) is 0 Å². The number of anilines is 1. The van der Waals surface area contributed by atoms with E-state index >= 15 is 0 Å². The van der Waals surface area contributed by atoms with Crippen LogP contribution in [-0.4, -0.2) is 16.6 Å². The van der Waals surface area contributed by atoms with Crippen molar-refractivity contribution in [2.24, 2.45) is 0 Å². The zero-order chi connectivity index (χ0) is 20.1. The van der Waals surface area contributed by atoms with Gasteiger partial charge in [-0.3, -0.25) is 4.79 Å². The summed E-state index contributed by atoms with van der Waals surface area (Å²) in [5.74, 6) is -0.206. The van der Waals surface area contributed by atoms with E-state index in [1.165, 1.54) is 35.2 Å². The van der Waals surface area contributed by atoms with Crippen LogP contribution in [0.2, 0.25) is 0 Å². The first-order valence-corrected chi connectivity index (χ1v) is 10.8. The Morgan fingerprint density at radius 1 is 0.897 bits per heavy atom. The number of hydrogen-bond donors (Lipinski definition) is 1. The zero-order valence-electron chi connectivity index (χ0n) is 15.3. The summed E-state index contributed by atoms with van der Waals surface area (Å²) in [5.41, 5.74) is 2.91. The summed E-state index contributed by atoms with van der Waals surface area (Å²) in [6.45, 7) is 0. The lowest BCUT2D eigenvalue weighted by molar-refractivity contribution is -0.113. The highest BCUT2D eigenvalue weighted by Gasteiger charge is 2.16. The Balaban J connectivity index is 1.54. The first-order chi connectivity index (χ1) is 14.2. The molecule has 0 aliphatic heterocycles. The van der Waals surface area contributed by atoms with E-state index in [0.29, 0.717) is 5.13 Å². The molecule has 0 spiro atoms. The van der Waals surface area contributed by atoms with Gasteiger partial charge in [-0.05, 0) is 29.8 Å². The van der Waals surface area contributed by atoms with Gasteiger partial charge in [-0.1, -0.05) is 72.0 Å². The Morgan fingerprint density at radius 3 is 2.17 bits per heavy atom. The third-order valence-corrected chi connectivity index (χ3v) is 6.17. The number of thiazole rings is 1. The van der Waals surface area contributed by atoms with Crippen LogP contribution in [0.1, 0.15) is 0 Å². The van der Waals surface area contributed by atoms with Gasteiger partial charge in [0.15, 0.2) is 5.13 Å². The maximum atomic E-state index is 13.0. The van der Waals surface area contributed by atoms with Crippen LogP contribution in [-0.2, 0) is 4.79 Å². The topological polar surface area (TPSA) is 42.0 Å². The number of amides is 1. The molecule has 0 radical (unpaired) electrons. The van der Waals surface area contributed by atoms with Crippen LogP contribution in [0, 0.1) is 5.82 Å². The van der Waals surface area contributed by atoms with Crippen LogP contribution in [0.4, 0.5) is 9.52 Å². The van der Waals surface area contributed by atoms with Crippen LogP contribution in [0.5, 0.6) is 0 Å². The van der Waals surface area contributed by atoms with Crippen molar-refractivity contribution < 1.29 is 9.18 Å². The van der Waals surface area contributed by atoms with Crippen LogP contribution in [0.15, 0.2) is 89.8 Å². The van der Waals surface area contributed by atoms with Gasteiger partial charge >= 0.3 is 0 Å². The van der Waals surface area contributed by atoms with E-state index in [4.69, 9.17) is 4.98 Å². The van der Waals surface area contributed by atoms with Gasteiger partial charge in [-0.15, -0.1) is 11.8 Å². The summed E-state index contributed by atoms with van der Waals surface area (Å²) < 4.78 is 13.0. The minimum atomic E-state index is -0.288. The van der Waals surface area contributed by atoms with Crippen molar-refractivity contribution in [2.75, 3.05) is 11.1 Å². The highest BCUT2D eigenvalue weighted by atomic mass is 32.2. The Kier molecular flexibility index (Phi) is 6.03. The van der Waals surface area contributed by atoms with Gasteiger partial charge in [0.1, 0.15) is 5.82 Å². The van der Waals surface area contributed by atoms with E-state index in [-0.39, 0.29) is 17.5 Å². The van der Waals surface area contributed by atoms with Crippen molar-refractivity contribution in [1.82, 2.24) is 4.98 Å². The molecule has 6 heteroatoms. The number of nitrogens with zero attached hydrogens (tertiary/aromatic N) is 1. The maximum Gasteiger partial charge on any atom is 0.236 e. The molecule has 0 unspecified atom stereocenters.